The highest BCUT2D eigenvalue weighted by Gasteiger charge is 2.12. The fraction of sp³-hybridized carbons (Fsp3) is 0.0769. The maximum Gasteiger partial charge on any atom is 0.0407 e. The summed E-state index contributed by atoms with van der Waals surface area (Å²) in [5, 5.41) is 5.97. The third-order valence-electron chi connectivity index (χ3n) is 2.81. The zero-order chi connectivity index (χ0) is 9.54. The van der Waals surface area contributed by atoms with Gasteiger partial charge < -0.3 is 5.32 Å². The van der Waals surface area contributed by atoms with E-state index in [1.54, 1.807) is 0 Å². The molecule has 0 saturated carbocycles. The van der Waals surface area contributed by atoms with Crippen molar-refractivity contribution >= 4 is 16.5 Å². The van der Waals surface area contributed by atoms with E-state index in [0.717, 1.165) is 12.2 Å². The van der Waals surface area contributed by atoms with Gasteiger partial charge in [0.25, 0.3) is 0 Å². The molecule has 0 amide bonds. The predicted molar refractivity (Wildman–Crippen MR) is 59.8 cm³/mol. The Morgan fingerprint density at radius 3 is 2.71 bits per heavy atom. The fourth-order valence-corrected chi connectivity index (χ4v) is 2.11. The molecular formula is C13H11N. The van der Waals surface area contributed by atoms with E-state index < -0.39 is 0 Å². The average Bonchev–Trinajstić information content (AvgIpc) is 2.24. The van der Waals surface area contributed by atoms with Crippen LogP contribution in [0, 0.1) is 0 Å². The van der Waals surface area contributed by atoms with Crippen molar-refractivity contribution in [3.05, 3.63) is 54.1 Å². The van der Waals surface area contributed by atoms with Crippen molar-refractivity contribution in [2.45, 2.75) is 6.54 Å². The Hall–Kier alpha value is -1.76. The second-order valence-electron chi connectivity index (χ2n) is 3.65. The van der Waals surface area contributed by atoms with Gasteiger partial charge in [-0.15, -0.1) is 0 Å². The standard InChI is InChI=1S/C13H11N/c1-9-12-7-3-5-10-4-2-6-11(8-14-9)13(10)12/h2-7,14H,1,8H2. The molecule has 0 aliphatic carbocycles. The zero-order valence-corrected chi connectivity index (χ0v) is 7.88. The molecule has 2 aromatic rings. The molecule has 1 heteroatoms. The first-order chi connectivity index (χ1) is 6.86. The number of hydrogen-bond donors (Lipinski definition) is 1. The third kappa shape index (κ3) is 0.896. The van der Waals surface area contributed by atoms with Gasteiger partial charge in [0.15, 0.2) is 0 Å². The highest BCUT2D eigenvalue weighted by atomic mass is 14.9. The summed E-state index contributed by atoms with van der Waals surface area (Å²) in [4.78, 5) is 0. The Morgan fingerprint density at radius 1 is 1.07 bits per heavy atom. The van der Waals surface area contributed by atoms with Gasteiger partial charge in [-0.1, -0.05) is 43.0 Å². The molecule has 0 radical (unpaired) electrons. The van der Waals surface area contributed by atoms with E-state index >= 15 is 0 Å². The average molecular weight is 181 g/mol. The van der Waals surface area contributed by atoms with Crippen molar-refractivity contribution in [2.24, 2.45) is 0 Å². The van der Waals surface area contributed by atoms with Crippen molar-refractivity contribution in [2.75, 3.05) is 0 Å². The zero-order valence-electron chi connectivity index (χ0n) is 7.88. The summed E-state index contributed by atoms with van der Waals surface area (Å²) >= 11 is 0. The summed E-state index contributed by atoms with van der Waals surface area (Å²) in [5.41, 5.74) is 3.64. The molecule has 0 unspecified atom stereocenters. The minimum absolute atomic E-state index is 0.896. The first kappa shape index (κ1) is 7.63. The summed E-state index contributed by atoms with van der Waals surface area (Å²) in [6.45, 7) is 4.92. The van der Waals surface area contributed by atoms with E-state index in [4.69, 9.17) is 0 Å². The highest BCUT2D eigenvalue weighted by Crippen LogP contribution is 2.29. The summed E-state index contributed by atoms with van der Waals surface area (Å²) in [6.07, 6.45) is 0. The van der Waals surface area contributed by atoms with Gasteiger partial charge in [-0.3, -0.25) is 0 Å². The number of hydrogen-bond acceptors (Lipinski definition) is 1. The van der Waals surface area contributed by atoms with Crippen LogP contribution in [-0.4, -0.2) is 0 Å². The summed E-state index contributed by atoms with van der Waals surface area (Å²) < 4.78 is 0. The largest absolute Gasteiger partial charge is 0.381 e. The second kappa shape index (κ2) is 2.61. The third-order valence-corrected chi connectivity index (χ3v) is 2.81. The van der Waals surface area contributed by atoms with Crippen molar-refractivity contribution in [1.29, 1.82) is 0 Å². The van der Waals surface area contributed by atoms with Gasteiger partial charge >= 0.3 is 0 Å². The normalized spacial score (nSPS) is 14.1. The fourth-order valence-electron chi connectivity index (χ4n) is 2.11. The summed E-state index contributed by atoms with van der Waals surface area (Å²) in [7, 11) is 0. The molecule has 1 heterocycles. The van der Waals surface area contributed by atoms with E-state index in [-0.39, 0.29) is 0 Å². The van der Waals surface area contributed by atoms with Gasteiger partial charge in [0.1, 0.15) is 0 Å². The lowest BCUT2D eigenvalue weighted by Gasteiger charge is -2.20. The van der Waals surface area contributed by atoms with Gasteiger partial charge in [-0.2, -0.15) is 0 Å². The van der Waals surface area contributed by atoms with E-state index in [0.29, 0.717) is 0 Å². The Kier molecular flexibility index (Phi) is 1.42. The molecule has 68 valence electrons. The predicted octanol–water partition coefficient (Wildman–Crippen LogP) is 2.91. The van der Waals surface area contributed by atoms with Gasteiger partial charge in [-0.05, 0) is 16.3 Å². The van der Waals surface area contributed by atoms with E-state index in [1.807, 2.05) is 0 Å². The molecule has 14 heavy (non-hydrogen) atoms. The minimum atomic E-state index is 0.896. The molecule has 1 aliphatic rings. The van der Waals surface area contributed by atoms with Crippen LogP contribution in [0.4, 0.5) is 0 Å². The Bertz CT molecular complexity index is 520. The van der Waals surface area contributed by atoms with E-state index in [2.05, 4.69) is 48.3 Å². The Balaban J connectivity index is 2.52. The lowest BCUT2D eigenvalue weighted by molar-refractivity contribution is 0.886. The first-order valence-electron chi connectivity index (χ1n) is 4.80. The van der Waals surface area contributed by atoms with Gasteiger partial charge in [0.2, 0.25) is 0 Å². The van der Waals surface area contributed by atoms with Crippen molar-refractivity contribution in [3.63, 3.8) is 0 Å². The SMILES string of the molecule is C=C1NCc2cccc3cccc1c23. The van der Waals surface area contributed by atoms with Gasteiger partial charge in [0.05, 0.1) is 0 Å². The van der Waals surface area contributed by atoms with Crippen LogP contribution in [0.25, 0.3) is 16.5 Å². The molecule has 0 fully saturated rings. The number of nitrogens with one attached hydrogen (secondary N) is 1. The lowest BCUT2D eigenvalue weighted by atomic mass is 9.95. The van der Waals surface area contributed by atoms with E-state index in [1.165, 1.54) is 21.9 Å². The molecular weight excluding hydrogens is 170 g/mol. The van der Waals surface area contributed by atoms with Crippen molar-refractivity contribution in [1.82, 2.24) is 5.32 Å². The van der Waals surface area contributed by atoms with Crippen LogP contribution in [0.15, 0.2) is 43.0 Å². The molecule has 0 spiro atoms. The Morgan fingerprint density at radius 2 is 1.86 bits per heavy atom. The summed E-state index contributed by atoms with van der Waals surface area (Å²) in [5.74, 6) is 0. The maximum absolute atomic E-state index is 4.03. The molecule has 0 atom stereocenters. The molecule has 1 nitrogen and oxygen atoms in total. The molecule has 3 rings (SSSR count). The second-order valence-corrected chi connectivity index (χ2v) is 3.65. The lowest BCUT2D eigenvalue weighted by Crippen LogP contribution is -2.16. The van der Waals surface area contributed by atoms with Crippen LogP contribution in [-0.2, 0) is 6.54 Å². The van der Waals surface area contributed by atoms with Crippen molar-refractivity contribution in [3.8, 4) is 0 Å². The van der Waals surface area contributed by atoms with Crippen LogP contribution in [0.3, 0.4) is 0 Å². The number of benzene rings is 2. The number of rotatable bonds is 0. The van der Waals surface area contributed by atoms with Crippen LogP contribution in [0.1, 0.15) is 11.1 Å². The van der Waals surface area contributed by atoms with Crippen LogP contribution < -0.4 is 5.32 Å². The molecule has 0 aromatic heterocycles. The van der Waals surface area contributed by atoms with Crippen LogP contribution >= 0.6 is 0 Å². The monoisotopic (exact) mass is 181 g/mol. The van der Waals surface area contributed by atoms with Gasteiger partial charge in [0, 0.05) is 17.8 Å². The molecule has 0 bridgehead atoms. The Labute approximate surface area is 83.1 Å². The van der Waals surface area contributed by atoms with Crippen LogP contribution in [0.5, 0.6) is 0 Å². The minimum Gasteiger partial charge on any atom is -0.381 e. The highest BCUT2D eigenvalue weighted by molar-refractivity contribution is 5.97. The summed E-state index contributed by atoms with van der Waals surface area (Å²) in [6, 6.07) is 12.8. The first-order valence-corrected chi connectivity index (χ1v) is 4.80. The van der Waals surface area contributed by atoms with Gasteiger partial charge in [-0.25, -0.2) is 0 Å². The molecule has 0 saturated heterocycles. The maximum atomic E-state index is 4.03. The molecule has 2 aromatic carbocycles. The van der Waals surface area contributed by atoms with E-state index in [9.17, 15) is 0 Å². The smallest absolute Gasteiger partial charge is 0.0407 e. The molecule has 1 aliphatic heterocycles. The molecule has 1 N–H and O–H groups in total. The quantitative estimate of drug-likeness (QED) is 0.659. The topological polar surface area (TPSA) is 12.0 Å². The van der Waals surface area contributed by atoms with Crippen molar-refractivity contribution < 1.29 is 0 Å². The van der Waals surface area contributed by atoms with Crippen LogP contribution in [0.2, 0.25) is 0 Å².